The van der Waals surface area contributed by atoms with Crippen LogP contribution in [-0.2, 0) is 13.0 Å². The van der Waals surface area contributed by atoms with E-state index in [9.17, 15) is 4.79 Å². The predicted molar refractivity (Wildman–Crippen MR) is 124 cm³/mol. The summed E-state index contributed by atoms with van der Waals surface area (Å²) in [5, 5.41) is 5.36. The Kier molecular flexibility index (Phi) is 6.72. The summed E-state index contributed by atoms with van der Waals surface area (Å²) in [5.74, 6) is 0.483. The van der Waals surface area contributed by atoms with Gasteiger partial charge in [0.05, 0.1) is 6.04 Å². The maximum Gasteiger partial charge on any atom is 0.275 e. The molecule has 4 rings (SSSR count). The summed E-state index contributed by atoms with van der Waals surface area (Å²) < 4.78 is 5.78. The van der Waals surface area contributed by atoms with E-state index in [1.54, 1.807) is 5.38 Å². The van der Waals surface area contributed by atoms with Crippen LogP contribution in [0.25, 0.3) is 0 Å². The van der Waals surface area contributed by atoms with E-state index in [1.165, 1.54) is 11.3 Å². The number of amides is 1. The van der Waals surface area contributed by atoms with Crippen molar-refractivity contribution < 1.29 is 9.53 Å². The molecule has 1 amide bonds. The Balaban J connectivity index is 1.32. The number of ether oxygens (including phenoxy) is 1. The molecule has 0 bridgehead atoms. The molecule has 0 saturated carbocycles. The van der Waals surface area contributed by atoms with Gasteiger partial charge in [-0.2, -0.15) is 0 Å². The van der Waals surface area contributed by atoms with Crippen LogP contribution in [0.5, 0.6) is 5.75 Å². The predicted octanol–water partition coefficient (Wildman–Crippen LogP) is 5.22. The average Bonchev–Trinajstić information content (AvgIpc) is 3.31. The van der Waals surface area contributed by atoms with Gasteiger partial charge in [0.1, 0.15) is 23.1 Å². The van der Waals surface area contributed by atoms with Crippen LogP contribution in [0.2, 0.25) is 0 Å². The number of nitrogens with one attached hydrogen (secondary N) is 1. The highest BCUT2D eigenvalue weighted by atomic mass is 32.1. The van der Waals surface area contributed by atoms with E-state index in [-0.39, 0.29) is 11.9 Å². The fraction of sp³-hybridized carbons (Fsp3) is 0.120. The third-order valence-electron chi connectivity index (χ3n) is 4.73. The molecule has 3 N–H and O–H groups in total. The van der Waals surface area contributed by atoms with Gasteiger partial charge in [-0.25, -0.2) is 4.98 Å². The molecule has 5 nitrogen and oxygen atoms in total. The Morgan fingerprint density at radius 3 is 2.26 bits per heavy atom. The van der Waals surface area contributed by atoms with Crippen molar-refractivity contribution >= 4 is 22.9 Å². The Morgan fingerprint density at radius 2 is 1.58 bits per heavy atom. The number of carbonyl (C=O) groups excluding carboxylic acids is 1. The van der Waals surface area contributed by atoms with Gasteiger partial charge in [-0.1, -0.05) is 60.7 Å². The quantitative estimate of drug-likeness (QED) is 0.403. The molecule has 1 aromatic heterocycles. The first kappa shape index (κ1) is 20.8. The first-order chi connectivity index (χ1) is 15.2. The van der Waals surface area contributed by atoms with Crippen molar-refractivity contribution in [2.24, 2.45) is 5.73 Å². The number of anilines is 1. The second kappa shape index (κ2) is 10.0. The van der Waals surface area contributed by atoms with Crippen LogP contribution in [0.4, 0.5) is 5.69 Å². The van der Waals surface area contributed by atoms with Gasteiger partial charge in [-0.3, -0.25) is 4.79 Å². The van der Waals surface area contributed by atoms with Gasteiger partial charge in [0.25, 0.3) is 5.91 Å². The maximum atomic E-state index is 12.6. The van der Waals surface area contributed by atoms with Crippen molar-refractivity contribution in [3.8, 4) is 5.75 Å². The molecule has 31 heavy (non-hydrogen) atoms. The van der Waals surface area contributed by atoms with Crippen LogP contribution >= 0.6 is 11.3 Å². The van der Waals surface area contributed by atoms with Crippen molar-refractivity contribution in [2.45, 2.75) is 19.1 Å². The van der Waals surface area contributed by atoms with Gasteiger partial charge in [0.2, 0.25) is 0 Å². The molecule has 0 aliphatic heterocycles. The fourth-order valence-corrected chi connectivity index (χ4v) is 3.89. The van der Waals surface area contributed by atoms with Crippen LogP contribution < -0.4 is 15.8 Å². The molecule has 0 saturated heterocycles. The van der Waals surface area contributed by atoms with Gasteiger partial charge in [-0.05, 0) is 41.8 Å². The third kappa shape index (κ3) is 5.78. The van der Waals surface area contributed by atoms with E-state index in [2.05, 4.69) is 10.3 Å². The van der Waals surface area contributed by atoms with Crippen molar-refractivity contribution in [3.05, 3.63) is 112 Å². The Hall–Kier alpha value is -3.48. The molecule has 1 unspecified atom stereocenters. The molecular formula is C25H23N3O2S. The highest BCUT2D eigenvalue weighted by molar-refractivity contribution is 7.09. The van der Waals surface area contributed by atoms with Gasteiger partial charge in [0.15, 0.2) is 0 Å². The third-order valence-corrected chi connectivity index (χ3v) is 5.71. The zero-order valence-electron chi connectivity index (χ0n) is 16.9. The molecule has 156 valence electrons. The van der Waals surface area contributed by atoms with E-state index < -0.39 is 0 Å². The van der Waals surface area contributed by atoms with Crippen molar-refractivity contribution in [2.75, 3.05) is 5.32 Å². The number of carbonyl (C=O) groups is 1. The molecule has 3 aromatic carbocycles. The van der Waals surface area contributed by atoms with Crippen LogP contribution in [-0.4, -0.2) is 10.9 Å². The minimum atomic E-state index is -0.257. The SMILES string of the molecule is NC(Cc1ccccc1)c1nc(C(=O)Nc2ccc(OCc3ccccc3)cc2)cs1. The number of benzene rings is 3. The second-order valence-electron chi connectivity index (χ2n) is 7.12. The monoisotopic (exact) mass is 429 g/mol. The summed E-state index contributed by atoms with van der Waals surface area (Å²) >= 11 is 1.41. The largest absolute Gasteiger partial charge is 0.489 e. The summed E-state index contributed by atoms with van der Waals surface area (Å²) in [6, 6.07) is 27.0. The smallest absolute Gasteiger partial charge is 0.275 e. The first-order valence-corrected chi connectivity index (χ1v) is 10.9. The standard InChI is InChI=1S/C25H23N3O2S/c26-22(15-18-7-3-1-4-8-18)25-28-23(17-31-25)24(29)27-20-11-13-21(14-12-20)30-16-19-9-5-2-6-10-19/h1-14,17,22H,15-16,26H2,(H,27,29). The summed E-state index contributed by atoms with van der Waals surface area (Å²) in [7, 11) is 0. The lowest BCUT2D eigenvalue weighted by atomic mass is 10.1. The molecule has 0 spiro atoms. The number of hydrogen-bond donors (Lipinski definition) is 2. The van der Waals surface area contributed by atoms with E-state index in [4.69, 9.17) is 10.5 Å². The number of aromatic nitrogens is 1. The Bertz CT molecular complexity index is 1110. The molecule has 6 heteroatoms. The first-order valence-electron chi connectivity index (χ1n) is 10.0. The number of thiazole rings is 1. The molecule has 0 radical (unpaired) electrons. The zero-order chi connectivity index (χ0) is 21.5. The van der Waals surface area contributed by atoms with E-state index in [1.807, 2.05) is 84.9 Å². The summed E-state index contributed by atoms with van der Waals surface area (Å²) in [5.41, 5.74) is 9.58. The lowest BCUT2D eigenvalue weighted by Gasteiger charge is -2.09. The van der Waals surface area contributed by atoms with Crippen LogP contribution in [0, 0.1) is 0 Å². The number of nitrogens with two attached hydrogens (primary N) is 1. The fourth-order valence-electron chi connectivity index (χ4n) is 3.09. The van der Waals surface area contributed by atoms with Crippen LogP contribution in [0.1, 0.15) is 32.7 Å². The second-order valence-corrected chi connectivity index (χ2v) is 8.01. The minimum Gasteiger partial charge on any atom is -0.489 e. The molecular weight excluding hydrogens is 406 g/mol. The molecule has 0 aliphatic carbocycles. The van der Waals surface area contributed by atoms with Crippen LogP contribution in [0.15, 0.2) is 90.3 Å². The number of rotatable bonds is 8. The van der Waals surface area contributed by atoms with Crippen LogP contribution in [0.3, 0.4) is 0 Å². The van der Waals surface area contributed by atoms with Crippen molar-refractivity contribution in [1.82, 2.24) is 4.98 Å². The van der Waals surface area contributed by atoms with Gasteiger partial charge >= 0.3 is 0 Å². The molecule has 0 aliphatic rings. The number of hydrogen-bond acceptors (Lipinski definition) is 5. The van der Waals surface area contributed by atoms with Crippen molar-refractivity contribution in [1.29, 1.82) is 0 Å². The van der Waals surface area contributed by atoms with E-state index >= 15 is 0 Å². The van der Waals surface area contributed by atoms with Gasteiger partial charge < -0.3 is 15.8 Å². The Morgan fingerprint density at radius 1 is 0.935 bits per heavy atom. The molecule has 1 atom stereocenters. The molecule has 0 fully saturated rings. The highest BCUT2D eigenvalue weighted by Crippen LogP contribution is 2.22. The van der Waals surface area contributed by atoms with Gasteiger partial charge in [-0.15, -0.1) is 11.3 Å². The van der Waals surface area contributed by atoms with E-state index in [0.717, 1.165) is 21.9 Å². The topological polar surface area (TPSA) is 77.2 Å². The molecule has 1 heterocycles. The highest BCUT2D eigenvalue weighted by Gasteiger charge is 2.16. The number of nitrogens with zero attached hydrogens (tertiary/aromatic N) is 1. The minimum absolute atomic E-state index is 0.241. The summed E-state index contributed by atoms with van der Waals surface area (Å²) in [6.07, 6.45) is 0.680. The van der Waals surface area contributed by atoms with Gasteiger partial charge in [0, 0.05) is 11.1 Å². The summed E-state index contributed by atoms with van der Waals surface area (Å²) in [4.78, 5) is 17.0. The van der Waals surface area contributed by atoms with Crippen molar-refractivity contribution in [3.63, 3.8) is 0 Å². The molecule has 4 aromatic rings. The normalized spacial score (nSPS) is 11.6. The lowest BCUT2D eigenvalue weighted by Crippen LogP contribution is -2.15. The Labute approximate surface area is 185 Å². The maximum absolute atomic E-state index is 12.6. The summed E-state index contributed by atoms with van der Waals surface area (Å²) in [6.45, 7) is 0.497. The average molecular weight is 430 g/mol. The van der Waals surface area contributed by atoms with E-state index in [0.29, 0.717) is 24.4 Å². The lowest BCUT2D eigenvalue weighted by molar-refractivity contribution is 0.102. The zero-order valence-corrected chi connectivity index (χ0v) is 17.7.